The van der Waals surface area contributed by atoms with Crippen molar-refractivity contribution in [3.8, 4) is 11.8 Å². The van der Waals surface area contributed by atoms with Gasteiger partial charge in [0.1, 0.15) is 29.4 Å². The molecule has 6 nitrogen and oxygen atoms in total. The van der Waals surface area contributed by atoms with Crippen LogP contribution in [0, 0.1) is 11.3 Å². The quantitative estimate of drug-likeness (QED) is 0.638. The molecule has 30 heavy (non-hydrogen) atoms. The van der Waals surface area contributed by atoms with Crippen molar-refractivity contribution in [2.75, 3.05) is 25.0 Å². The number of alkyl halides is 3. The van der Waals surface area contributed by atoms with Gasteiger partial charge in [-0.2, -0.15) is 18.4 Å². The van der Waals surface area contributed by atoms with Crippen molar-refractivity contribution in [1.29, 1.82) is 5.26 Å². The number of hydrogen-bond donors (Lipinski definition) is 2. The first kappa shape index (κ1) is 20.0. The van der Waals surface area contributed by atoms with Gasteiger partial charge in [0.25, 0.3) is 0 Å². The van der Waals surface area contributed by atoms with Crippen LogP contribution in [0.4, 0.5) is 24.7 Å². The molecule has 2 N–H and O–H groups in total. The molecule has 1 aliphatic heterocycles. The molecule has 0 bridgehead atoms. The van der Waals surface area contributed by atoms with E-state index in [9.17, 15) is 18.4 Å². The van der Waals surface area contributed by atoms with Gasteiger partial charge in [-0.15, -0.1) is 0 Å². The first-order valence-corrected chi connectivity index (χ1v) is 9.60. The lowest BCUT2D eigenvalue weighted by Gasteiger charge is -2.32. The molecule has 3 heterocycles. The fraction of sp³-hybridized carbons (Fsp3) is 0.333. The molecule has 1 saturated heterocycles. The molecule has 3 aromatic rings. The predicted molar refractivity (Wildman–Crippen MR) is 107 cm³/mol. The van der Waals surface area contributed by atoms with E-state index in [1.807, 2.05) is 36.5 Å². The number of hydrogen-bond acceptors (Lipinski definition) is 5. The third kappa shape index (κ3) is 5.02. The van der Waals surface area contributed by atoms with E-state index >= 15 is 0 Å². The Hall–Kier alpha value is -3.25. The van der Waals surface area contributed by atoms with Crippen molar-refractivity contribution in [3.05, 3.63) is 48.3 Å². The fourth-order valence-corrected chi connectivity index (χ4v) is 3.60. The highest BCUT2D eigenvalue weighted by atomic mass is 19.4. The van der Waals surface area contributed by atoms with E-state index in [1.165, 1.54) is 4.90 Å². The van der Waals surface area contributed by atoms with Gasteiger partial charge in [0.15, 0.2) is 0 Å². The molecule has 0 spiro atoms. The smallest absolute Gasteiger partial charge is 0.401 e. The van der Waals surface area contributed by atoms with Gasteiger partial charge in [-0.3, -0.25) is 4.90 Å². The minimum atomic E-state index is -4.19. The van der Waals surface area contributed by atoms with Gasteiger partial charge in [-0.05, 0) is 36.4 Å². The third-order valence-corrected chi connectivity index (χ3v) is 4.98. The summed E-state index contributed by atoms with van der Waals surface area (Å²) in [5.41, 5.74) is 1.97. The van der Waals surface area contributed by atoms with E-state index in [2.05, 4.69) is 15.3 Å². The number of anilines is 2. The molecular weight excluding hydrogens is 395 g/mol. The number of nitriles is 1. The van der Waals surface area contributed by atoms with Gasteiger partial charge in [-0.1, -0.05) is 6.07 Å². The maximum Gasteiger partial charge on any atom is 0.401 e. The number of rotatable bonds is 5. The van der Waals surface area contributed by atoms with E-state index in [4.69, 9.17) is 4.74 Å². The van der Waals surface area contributed by atoms with Crippen molar-refractivity contribution < 1.29 is 17.9 Å². The standard InChI is InChI=1S/C21H20F3N5O/c22-21(23,24)13-29-7-4-17(5-8-29)30-18-9-16(12-25)28-20(11-18)27-15-2-1-14-3-6-26-19(14)10-15/h1-3,6,9-11,17,26H,4-5,7-8,13H2,(H,27,28). The zero-order valence-electron chi connectivity index (χ0n) is 16.0. The number of ether oxygens (including phenoxy) is 1. The van der Waals surface area contributed by atoms with E-state index in [0.717, 1.165) is 16.6 Å². The Morgan fingerprint density at radius 2 is 2.00 bits per heavy atom. The number of pyridine rings is 1. The largest absolute Gasteiger partial charge is 0.490 e. The lowest BCUT2D eigenvalue weighted by molar-refractivity contribution is -0.149. The molecule has 0 atom stereocenters. The number of halogens is 3. The number of benzene rings is 1. The van der Waals surface area contributed by atoms with Gasteiger partial charge < -0.3 is 15.0 Å². The Kier molecular flexibility index (Phi) is 5.50. The van der Waals surface area contributed by atoms with Crippen LogP contribution < -0.4 is 10.1 Å². The number of piperidine rings is 1. The summed E-state index contributed by atoms with van der Waals surface area (Å²) in [5, 5.41) is 13.6. The molecule has 156 valence electrons. The maximum atomic E-state index is 12.5. The van der Waals surface area contributed by atoms with Crippen LogP contribution in [0.1, 0.15) is 18.5 Å². The van der Waals surface area contributed by atoms with Crippen LogP contribution in [-0.2, 0) is 0 Å². The number of H-pyrrole nitrogens is 1. The monoisotopic (exact) mass is 415 g/mol. The van der Waals surface area contributed by atoms with Crippen LogP contribution in [-0.4, -0.2) is 46.8 Å². The molecule has 1 aromatic carbocycles. The van der Waals surface area contributed by atoms with E-state index < -0.39 is 12.7 Å². The second-order valence-electron chi connectivity index (χ2n) is 7.30. The van der Waals surface area contributed by atoms with Crippen LogP contribution in [0.5, 0.6) is 5.75 Å². The Bertz CT molecular complexity index is 1060. The van der Waals surface area contributed by atoms with E-state index in [0.29, 0.717) is 37.5 Å². The van der Waals surface area contributed by atoms with Crippen LogP contribution in [0.15, 0.2) is 42.6 Å². The Morgan fingerprint density at radius 1 is 1.20 bits per heavy atom. The molecule has 0 saturated carbocycles. The van der Waals surface area contributed by atoms with E-state index in [1.54, 1.807) is 12.1 Å². The average Bonchev–Trinajstić information content (AvgIpc) is 3.16. The highest BCUT2D eigenvalue weighted by Crippen LogP contribution is 2.27. The summed E-state index contributed by atoms with van der Waals surface area (Å²) in [7, 11) is 0. The average molecular weight is 415 g/mol. The van der Waals surface area contributed by atoms with Crippen molar-refractivity contribution >= 4 is 22.4 Å². The first-order chi connectivity index (χ1) is 14.4. The first-order valence-electron chi connectivity index (χ1n) is 9.60. The molecule has 2 aromatic heterocycles. The highest BCUT2D eigenvalue weighted by molar-refractivity contribution is 5.83. The number of aromatic nitrogens is 2. The number of aromatic amines is 1. The van der Waals surface area contributed by atoms with Crippen molar-refractivity contribution in [2.45, 2.75) is 25.1 Å². The molecule has 0 unspecified atom stereocenters. The summed E-state index contributed by atoms with van der Waals surface area (Å²) in [6.45, 7) is -0.254. The summed E-state index contributed by atoms with van der Waals surface area (Å²) >= 11 is 0. The summed E-state index contributed by atoms with van der Waals surface area (Å²) in [6.07, 6.45) is -1.55. The second-order valence-corrected chi connectivity index (χ2v) is 7.30. The summed E-state index contributed by atoms with van der Waals surface area (Å²) in [4.78, 5) is 8.79. The fourth-order valence-electron chi connectivity index (χ4n) is 3.60. The zero-order valence-corrected chi connectivity index (χ0v) is 16.0. The topological polar surface area (TPSA) is 77.0 Å². The molecule has 9 heteroatoms. The van der Waals surface area contributed by atoms with Crippen LogP contribution in [0.3, 0.4) is 0 Å². The Morgan fingerprint density at radius 3 is 2.73 bits per heavy atom. The minimum absolute atomic E-state index is 0.199. The van der Waals surface area contributed by atoms with Crippen molar-refractivity contribution in [1.82, 2.24) is 14.9 Å². The molecular formula is C21H20F3N5O. The summed E-state index contributed by atoms with van der Waals surface area (Å²) in [6, 6.07) is 13.0. The molecule has 1 fully saturated rings. The SMILES string of the molecule is N#Cc1cc(OC2CCN(CC(F)(F)F)CC2)cc(Nc2ccc3cc[nH]c3c2)n1. The lowest BCUT2D eigenvalue weighted by atomic mass is 10.1. The Balaban J connectivity index is 1.43. The van der Waals surface area contributed by atoms with Gasteiger partial charge >= 0.3 is 6.18 Å². The number of nitrogens with zero attached hydrogens (tertiary/aromatic N) is 3. The van der Waals surface area contributed by atoms with Gasteiger partial charge in [-0.25, -0.2) is 4.98 Å². The van der Waals surface area contributed by atoms with Crippen LogP contribution in [0.25, 0.3) is 10.9 Å². The predicted octanol–water partition coefficient (Wildman–Crippen LogP) is 4.58. The van der Waals surface area contributed by atoms with Crippen LogP contribution in [0.2, 0.25) is 0 Å². The van der Waals surface area contributed by atoms with Crippen molar-refractivity contribution in [3.63, 3.8) is 0 Å². The number of fused-ring (bicyclic) bond motifs is 1. The summed E-state index contributed by atoms with van der Waals surface area (Å²) in [5.74, 6) is 0.934. The third-order valence-electron chi connectivity index (χ3n) is 4.98. The Labute approximate surface area is 171 Å². The number of likely N-dealkylation sites (tertiary alicyclic amines) is 1. The minimum Gasteiger partial charge on any atom is -0.490 e. The zero-order chi connectivity index (χ0) is 21.1. The van der Waals surface area contributed by atoms with Crippen LogP contribution >= 0.6 is 0 Å². The molecule has 0 aliphatic carbocycles. The molecule has 0 amide bonds. The molecule has 1 aliphatic rings. The van der Waals surface area contributed by atoms with Gasteiger partial charge in [0, 0.05) is 42.6 Å². The van der Waals surface area contributed by atoms with Gasteiger partial charge in [0.2, 0.25) is 0 Å². The second kappa shape index (κ2) is 8.24. The number of nitrogens with one attached hydrogen (secondary N) is 2. The highest BCUT2D eigenvalue weighted by Gasteiger charge is 2.32. The molecule has 4 rings (SSSR count). The molecule has 0 radical (unpaired) electrons. The normalized spacial score (nSPS) is 15.8. The van der Waals surface area contributed by atoms with Crippen molar-refractivity contribution in [2.24, 2.45) is 0 Å². The van der Waals surface area contributed by atoms with Gasteiger partial charge in [0.05, 0.1) is 6.54 Å². The lowest BCUT2D eigenvalue weighted by Crippen LogP contribution is -2.42. The van der Waals surface area contributed by atoms with E-state index in [-0.39, 0.29) is 11.8 Å². The maximum absolute atomic E-state index is 12.5. The summed E-state index contributed by atoms with van der Waals surface area (Å²) < 4.78 is 43.6.